The Morgan fingerprint density at radius 1 is 1.29 bits per heavy atom. The average Bonchev–Trinajstić information content (AvgIpc) is 3.28. The molecular formula is C19H19F3N4OS. The summed E-state index contributed by atoms with van der Waals surface area (Å²) in [5.74, 6) is -5.27. The third-order valence-electron chi connectivity index (χ3n) is 4.29. The number of benzene rings is 1. The predicted octanol–water partition coefficient (Wildman–Crippen LogP) is 4.23. The highest BCUT2D eigenvalue weighted by Crippen LogP contribution is 2.32. The Balaban J connectivity index is 1.63. The Bertz CT molecular complexity index is 978. The van der Waals surface area contributed by atoms with Crippen LogP contribution in [0.5, 0.6) is 0 Å². The summed E-state index contributed by atoms with van der Waals surface area (Å²) in [7, 11) is 1.84. The number of aromatic nitrogens is 2. The molecule has 0 spiro atoms. The van der Waals surface area contributed by atoms with Crippen LogP contribution in [0.15, 0.2) is 36.7 Å². The lowest BCUT2D eigenvalue weighted by Gasteiger charge is -2.16. The van der Waals surface area contributed by atoms with Crippen LogP contribution in [0.1, 0.15) is 24.3 Å². The van der Waals surface area contributed by atoms with Gasteiger partial charge in [-0.1, -0.05) is 6.92 Å². The molecule has 0 saturated heterocycles. The summed E-state index contributed by atoms with van der Waals surface area (Å²) < 4.78 is 41.3. The van der Waals surface area contributed by atoms with E-state index in [-0.39, 0.29) is 11.7 Å². The van der Waals surface area contributed by atoms with E-state index in [2.05, 4.69) is 10.4 Å². The fraction of sp³-hybridized carbons (Fsp3) is 0.263. The summed E-state index contributed by atoms with van der Waals surface area (Å²) in [6.07, 6.45) is 4.00. The fourth-order valence-corrected chi connectivity index (χ4v) is 3.75. The molecule has 0 radical (unpaired) electrons. The molecule has 2 heterocycles. The van der Waals surface area contributed by atoms with E-state index in [4.69, 9.17) is 5.73 Å². The summed E-state index contributed by atoms with van der Waals surface area (Å²) in [5, 5.41) is 6.53. The average molecular weight is 408 g/mol. The van der Waals surface area contributed by atoms with Crippen LogP contribution in [0.2, 0.25) is 0 Å². The van der Waals surface area contributed by atoms with Crippen LogP contribution >= 0.6 is 11.3 Å². The number of hydrogen-bond acceptors (Lipinski definition) is 4. The number of halogens is 3. The molecule has 2 atom stereocenters. The molecule has 148 valence electrons. The molecule has 0 aliphatic carbocycles. The van der Waals surface area contributed by atoms with Crippen molar-refractivity contribution < 1.29 is 18.0 Å². The maximum absolute atomic E-state index is 13.3. The van der Waals surface area contributed by atoms with Gasteiger partial charge in [0.15, 0.2) is 17.5 Å². The van der Waals surface area contributed by atoms with Gasteiger partial charge in [0, 0.05) is 58.3 Å². The van der Waals surface area contributed by atoms with Gasteiger partial charge in [-0.25, -0.2) is 13.2 Å². The topological polar surface area (TPSA) is 72.9 Å². The lowest BCUT2D eigenvalue weighted by Crippen LogP contribution is -2.24. The molecule has 1 amide bonds. The maximum atomic E-state index is 13.3. The van der Waals surface area contributed by atoms with Gasteiger partial charge in [0.1, 0.15) is 0 Å². The number of hydrogen-bond donors (Lipinski definition) is 2. The number of carbonyl (C=O) groups excluding carboxylic acids is 1. The number of aryl methyl sites for hydroxylation is 1. The van der Waals surface area contributed by atoms with Crippen LogP contribution in [-0.4, -0.2) is 15.7 Å². The Kier molecular flexibility index (Phi) is 5.85. The van der Waals surface area contributed by atoms with E-state index < -0.39 is 29.3 Å². The van der Waals surface area contributed by atoms with E-state index in [1.807, 2.05) is 25.4 Å². The summed E-state index contributed by atoms with van der Waals surface area (Å²) in [6, 6.07) is 4.96. The van der Waals surface area contributed by atoms with Crippen LogP contribution in [0.4, 0.5) is 18.9 Å². The second kappa shape index (κ2) is 8.15. The molecule has 0 saturated carbocycles. The largest absolute Gasteiger partial charge is 0.326 e. The van der Waals surface area contributed by atoms with Gasteiger partial charge >= 0.3 is 0 Å². The fourth-order valence-electron chi connectivity index (χ4n) is 2.75. The molecule has 0 bridgehead atoms. The van der Waals surface area contributed by atoms with E-state index in [1.54, 1.807) is 17.8 Å². The first-order chi connectivity index (χ1) is 13.2. The number of anilines is 1. The normalized spacial score (nSPS) is 13.4. The van der Waals surface area contributed by atoms with E-state index >= 15 is 0 Å². The molecule has 2 unspecified atom stereocenters. The minimum atomic E-state index is -1.57. The van der Waals surface area contributed by atoms with E-state index in [0.717, 1.165) is 27.5 Å². The zero-order chi connectivity index (χ0) is 20.4. The summed E-state index contributed by atoms with van der Waals surface area (Å²) in [5.41, 5.74) is 7.07. The van der Waals surface area contributed by atoms with E-state index in [0.29, 0.717) is 6.42 Å². The molecule has 3 rings (SSSR count). The highest BCUT2D eigenvalue weighted by molar-refractivity contribution is 7.15. The van der Waals surface area contributed by atoms with Crippen molar-refractivity contribution in [1.82, 2.24) is 9.78 Å². The van der Waals surface area contributed by atoms with Crippen molar-refractivity contribution in [2.24, 2.45) is 18.7 Å². The van der Waals surface area contributed by atoms with Gasteiger partial charge in [0.25, 0.3) is 0 Å². The minimum Gasteiger partial charge on any atom is -0.326 e. The molecule has 5 nitrogen and oxygen atoms in total. The number of thiophene rings is 1. The number of nitrogens with one attached hydrogen (secondary N) is 1. The monoisotopic (exact) mass is 408 g/mol. The van der Waals surface area contributed by atoms with Crippen molar-refractivity contribution in [1.29, 1.82) is 0 Å². The van der Waals surface area contributed by atoms with Crippen molar-refractivity contribution in [2.75, 3.05) is 5.32 Å². The van der Waals surface area contributed by atoms with Crippen molar-refractivity contribution in [3.8, 4) is 10.4 Å². The van der Waals surface area contributed by atoms with E-state index in [9.17, 15) is 18.0 Å². The standard InChI is InChI=1S/C19H19F3N4OS/c1-10(19(27)25-12-6-13(20)18(22)14(21)7-12)5-15(23)17-4-3-16(28-17)11-8-24-26(2)9-11/h3-4,6-10,15H,5,23H2,1-2H3,(H,25,27). The van der Waals surface area contributed by atoms with Gasteiger partial charge in [-0.2, -0.15) is 5.10 Å². The van der Waals surface area contributed by atoms with Gasteiger partial charge in [-0.3, -0.25) is 9.48 Å². The van der Waals surface area contributed by atoms with E-state index in [1.165, 1.54) is 11.3 Å². The molecule has 3 N–H and O–H groups in total. The first-order valence-corrected chi connectivity index (χ1v) is 9.36. The first-order valence-electron chi connectivity index (χ1n) is 8.54. The zero-order valence-electron chi connectivity index (χ0n) is 15.2. The zero-order valence-corrected chi connectivity index (χ0v) is 16.1. The SMILES string of the molecule is CC(CC(N)c1ccc(-c2cnn(C)c2)s1)C(=O)Nc1cc(F)c(F)c(F)c1. The second-order valence-corrected chi connectivity index (χ2v) is 7.71. The Morgan fingerprint density at radius 3 is 2.57 bits per heavy atom. The van der Waals surface area contributed by atoms with Gasteiger partial charge in [-0.05, 0) is 18.6 Å². The van der Waals surface area contributed by atoms with Crippen molar-refractivity contribution in [3.05, 3.63) is 59.0 Å². The summed E-state index contributed by atoms with van der Waals surface area (Å²) in [6.45, 7) is 1.67. The van der Waals surface area contributed by atoms with Crippen molar-refractivity contribution in [3.63, 3.8) is 0 Å². The lowest BCUT2D eigenvalue weighted by molar-refractivity contribution is -0.119. The Hall–Kier alpha value is -2.65. The Labute approximate surface area is 164 Å². The third-order valence-corrected chi connectivity index (χ3v) is 5.55. The second-order valence-electron chi connectivity index (χ2n) is 6.59. The molecule has 28 heavy (non-hydrogen) atoms. The quantitative estimate of drug-likeness (QED) is 0.600. The van der Waals surface area contributed by atoms with Crippen molar-refractivity contribution in [2.45, 2.75) is 19.4 Å². The predicted molar refractivity (Wildman–Crippen MR) is 102 cm³/mol. The maximum Gasteiger partial charge on any atom is 0.227 e. The van der Waals surface area contributed by atoms with Crippen LogP contribution in [0, 0.1) is 23.4 Å². The number of nitrogens with two attached hydrogens (primary N) is 1. The molecule has 9 heteroatoms. The number of rotatable bonds is 6. The van der Waals surface area contributed by atoms with Gasteiger partial charge in [-0.15, -0.1) is 11.3 Å². The third kappa shape index (κ3) is 4.42. The van der Waals surface area contributed by atoms with Crippen LogP contribution in [-0.2, 0) is 11.8 Å². The van der Waals surface area contributed by atoms with Crippen LogP contribution in [0.25, 0.3) is 10.4 Å². The molecular weight excluding hydrogens is 389 g/mol. The molecule has 0 aliphatic heterocycles. The minimum absolute atomic E-state index is 0.142. The van der Waals surface area contributed by atoms with Gasteiger partial charge < -0.3 is 11.1 Å². The first kappa shape index (κ1) is 20.1. The summed E-state index contributed by atoms with van der Waals surface area (Å²) >= 11 is 1.52. The highest BCUT2D eigenvalue weighted by atomic mass is 32.1. The number of carbonyl (C=O) groups is 1. The van der Waals surface area contributed by atoms with Gasteiger partial charge in [0.05, 0.1) is 6.20 Å². The number of nitrogens with zero attached hydrogens (tertiary/aromatic N) is 2. The van der Waals surface area contributed by atoms with Crippen molar-refractivity contribution >= 4 is 22.9 Å². The molecule has 0 aliphatic rings. The molecule has 1 aromatic carbocycles. The molecule has 0 fully saturated rings. The highest BCUT2D eigenvalue weighted by Gasteiger charge is 2.20. The molecule has 2 aromatic heterocycles. The number of amides is 1. The van der Waals surface area contributed by atoms with Crippen LogP contribution in [0.3, 0.4) is 0 Å². The summed E-state index contributed by atoms with van der Waals surface area (Å²) in [4.78, 5) is 14.2. The lowest BCUT2D eigenvalue weighted by atomic mass is 10.0. The van der Waals surface area contributed by atoms with Gasteiger partial charge in [0.2, 0.25) is 5.91 Å². The Morgan fingerprint density at radius 2 is 1.96 bits per heavy atom. The smallest absolute Gasteiger partial charge is 0.227 e. The van der Waals surface area contributed by atoms with Crippen LogP contribution < -0.4 is 11.1 Å². The molecule has 3 aromatic rings.